The monoisotopic (exact) mass is 630 g/mol. The molecule has 1 aliphatic rings. The summed E-state index contributed by atoms with van der Waals surface area (Å²) >= 11 is 1.47. The smallest absolute Gasteiger partial charge is 0.414 e. The maximum atomic E-state index is 13.2. The lowest BCUT2D eigenvalue weighted by molar-refractivity contribution is -0.173. The van der Waals surface area contributed by atoms with Crippen molar-refractivity contribution >= 4 is 37.7 Å². The second-order valence-electron chi connectivity index (χ2n) is 11.4. The van der Waals surface area contributed by atoms with Crippen LogP contribution < -0.4 is 16.3 Å². The van der Waals surface area contributed by atoms with Crippen molar-refractivity contribution in [3.8, 4) is 0 Å². The summed E-state index contributed by atoms with van der Waals surface area (Å²) in [7, 11) is -2.14. The molecule has 3 atom stereocenters. The summed E-state index contributed by atoms with van der Waals surface area (Å²) in [5.74, 6) is -2.71. The number of nitrogens with zero attached hydrogens (tertiary/aromatic N) is 2. The lowest BCUT2D eigenvalue weighted by Gasteiger charge is -2.37. The molecule has 2 amide bonds. The zero-order valence-corrected chi connectivity index (χ0v) is 26.2. The standard InChI is InChI=1S/C27H37F3N4O6SSi/c1-26(2,3)42(5,6)39-15-20-19(38-16-41-4)12-21(40-20)34-14-18(13-31-24(36)27(28,29)30)22(33-25(34)37)32-23(35)17-10-8-7-9-11-17/h7-11,14,19-21H,12-13,15-16H2,1-6H3,(H,31,36)(H,32,33,35,37). The van der Waals surface area contributed by atoms with Gasteiger partial charge in [0, 0.05) is 30.3 Å². The van der Waals surface area contributed by atoms with Gasteiger partial charge in [0.05, 0.1) is 18.6 Å². The quantitative estimate of drug-likeness (QED) is 0.271. The Kier molecular flexibility index (Phi) is 11.0. The Hall–Kier alpha value is -2.72. The Bertz CT molecular complexity index is 1300. The molecule has 0 saturated carbocycles. The number of halogens is 3. The highest BCUT2D eigenvalue weighted by Gasteiger charge is 2.42. The number of ether oxygens (including phenoxy) is 2. The first kappa shape index (κ1) is 33.8. The van der Waals surface area contributed by atoms with E-state index in [1.54, 1.807) is 23.5 Å². The van der Waals surface area contributed by atoms with Crippen LogP contribution in [0.4, 0.5) is 19.0 Å². The molecule has 15 heteroatoms. The predicted molar refractivity (Wildman–Crippen MR) is 156 cm³/mol. The minimum Gasteiger partial charge on any atom is -0.414 e. The molecule has 0 spiro atoms. The summed E-state index contributed by atoms with van der Waals surface area (Å²) in [6.45, 7) is 10.1. The van der Waals surface area contributed by atoms with Gasteiger partial charge in [0.15, 0.2) is 8.32 Å². The fourth-order valence-electron chi connectivity index (χ4n) is 3.86. The van der Waals surface area contributed by atoms with E-state index in [0.29, 0.717) is 5.94 Å². The molecule has 10 nitrogen and oxygen atoms in total. The second-order valence-corrected chi connectivity index (χ2v) is 17.0. The Morgan fingerprint density at radius 2 is 1.86 bits per heavy atom. The van der Waals surface area contributed by atoms with Crippen LogP contribution in [0, 0.1) is 0 Å². The zero-order chi connectivity index (χ0) is 31.3. The van der Waals surface area contributed by atoms with Crippen LogP contribution in [0.15, 0.2) is 41.3 Å². The van der Waals surface area contributed by atoms with Crippen molar-refractivity contribution in [1.29, 1.82) is 0 Å². The third-order valence-corrected chi connectivity index (χ3v) is 12.2. The van der Waals surface area contributed by atoms with Crippen LogP contribution in [0.2, 0.25) is 18.1 Å². The topological polar surface area (TPSA) is 121 Å². The second kappa shape index (κ2) is 13.7. The Balaban J connectivity index is 1.91. The van der Waals surface area contributed by atoms with Gasteiger partial charge in [0.1, 0.15) is 18.1 Å². The fraction of sp³-hybridized carbons (Fsp3) is 0.556. The molecule has 0 bridgehead atoms. The molecular formula is C27H37F3N4O6SSi. The lowest BCUT2D eigenvalue weighted by Crippen LogP contribution is -2.44. The van der Waals surface area contributed by atoms with Gasteiger partial charge in [-0.05, 0) is 36.5 Å². The average Bonchev–Trinajstić information content (AvgIpc) is 3.32. The first-order valence-corrected chi connectivity index (χ1v) is 17.6. The number of thioether (sulfide) groups is 1. The number of alkyl halides is 3. The maximum Gasteiger partial charge on any atom is 0.471 e. The number of anilines is 1. The highest BCUT2D eigenvalue weighted by Crippen LogP contribution is 2.38. The number of hydrogen-bond acceptors (Lipinski definition) is 8. The van der Waals surface area contributed by atoms with Crippen molar-refractivity contribution in [3.05, 3.63) is 58.1 Å². The minimum absolute atomic E-state index is 0.0253. The van der Waals surface area contributed by atoms with E-state index in [-0.39, 0.29) is 35.0 Å². The molecule has 1 saturated heterocycles. The normalized spacial score (nSPS) is 19.5. The van der Waals surface area contributed by atoms with Crippen LogP contribution >= 0.6 is 11.8 Å². The van der Waals surface area contributed by atoms with Crippen LogP contribution in [-0.4, -0.2) is 66.9 Å². The van der Waals surface area contributed by atoms with Crippen molar-refractivity contribution < 1.29 is 36.7 Å². The van der Waals surface area contributed by atoms with Gasteiger partial charge in [-0.2, -0.15) is 18.2 Å². The van der Waals surface area contributed by atoms with E-state index < -0.39 is 57.0 Å². The highest BCUT2D eigenvalue weighted by atomic mass is 32.2. The van der Waals surface area contributed by atoms with E-state index >= 15 is 0 Å². The first-order valence-electron chi connectivity index (χ1n) is 13.3. The molecule has 2 heterocycles. The van der Waals surface area contributed by atoms with Crippen molar-refractivity contribution in [1.82, 2.24) is 14.9 Å². The van der Waals surface area contributed by atoms with E-state index in [4.69, 9.17) is 13.9 Å². The molecule has 0 aliphatic carbocycles. The van der Waals surface area contributed by atoms with Crippen LogP contribution in [0.5, 0.6) is 0 Å². The number of carbonyl (C=O) groups excluding carboxylic acids is 2. The van der Waals surface area contributed by atoms with Gasteiger partial charge >= 0.3 is 17.8 Å². The minimum atomic E-state index is -5.12. The summed E-state index contributed by atoms with van der Waals surface area (Å²) in [5, 5.41) is 4.19. The molecule has 1 aromatic carbocycles. The molecule has 0 radical (unpaired) electrons. The van der Waals surface area contributed by atoms with Crippen LogP contribution in [0.1, 0.15) is 49.3 Å². The van der Waals surface area contributed by atoms with E-state index in [1.807, 2.05) is 6.26 Å². The SMILES string of the molecule is CSCOC1CC(n2cc(CNC(=O)C(F)(F)F)c(NC(=O)c3ccccc3)nc2=O)OC1CO[Si](C)(C)C(C)(C)C. The molecule has 42 heavy (non-hydrogen) atoms. The number of rotatable bonds is 11. The number of benzene rings is 1. The van der Waals surface area contributed by atoms with Crippen molar-refractivity contribution in [3.63, 3.8) is 0 Å². The summed E-state index contributed by atoms with van der Waals surface area (Å²) < 4.78 is 58.3. The molecule has 2 aromatic rings. The van der Waals surface area contributed by atoms with Crippen molar-refractivity contribution in [2.75, 3.05) is 24.1 Å². The molecule has 1 aromatic heterocycles. The summed E-state index contributed by atoms with van der Waals surface area (Å²) in [6, 6.07) is 8.01. The molecule has 232 valence electrons. The first-order chi connectivity index (χ1) is 19.5. The largest absolute Gasteiger partial charge is 0.471 e. The molecule has 2 N–H and O–H groups in total. The lowest BCUT2D eigenvalue weighted by atomic mass is 10.2. The number of nitrogens with one attached hydrogen (secondary N) is 2. The number of aromatic nitrogens is 2. The zero-order valence-electron chi connectivity index (χ0n) is 24.4. The van der Waals surface area contributed by atoms with Gasteiger partial charge in [-0.1, -0.05) is 39.0 Å². The molecule has 3 rings (SSSR count). The van der Waals surface area contributed by atoms with E-state index in [2.05, 4.69) is 44.2 Å². The number of hydrogen-bond donors (Lipinski definition) is 2. The number of amides is 2. The van der Waals surface area contributed by atoms with E-state index in [0.717, 1.165) is 4.57 Å². The molecule has 1 fully saturated rings. The Labute approximate surface area is 247 Å². The Morgan fingerprint density at radius 1 is 1.19 bits per heavy atom. The van der Waals surface area contributed by atoms with Gasteiger partial charge in [-0.25, -0.2) is 4.79 Å². The van der Waals surface area contributed by atoms with Crippen molar-refractivity contribution in [2.45, 2.75) is 76.5 Å². The van der Waals surface area contributed by atoms with Gasteiger partial charge in [-0.15, -0.1) is 11.8 Å². The van der Waals surface area contributed by atoms with Crippen LogP contribution in [0.25, 0.3) is 0 Å². The average molecular weight is 631 g/mol. The molecule has 3 unspecified atom stereocenters. The van der Waals surface area contributed by atoms with Gasteiger partial charge in [0.25, 0.3) is 5.91 Å². The fourth-order valence-corrected chi connectivity index (χ4v) is 5.18. The highest BCUT2D eigenvalue weighted by molar-refractivity contribution is 7.98. The van der Waals surface area contributed by atoms with Gasteiger partial charge in [-0.3, -0.25) is 14.2 Å². The maximum absolute atomic E-state index is 13.2. The van der Waals surface area contributed by atoms with Crippen LogP contribution in [0.3, 0.4) is 0 Å². The third kappa shape index (κ3) is 8.66. The number of carbonyl (C=O) groups is 2. The molecule has 1 aliphatic heterocycles. The van der Waals surface area contributed by atoms with E-state index in [1.165, 1.54) is 30.1 Å². The van der Waals surface area contributed by atoms with Crippen molar-refractivity contribution in [2.24, 2.45) is 0 Å². The summed E-state index contributed by atoms with van der Waals surface area (Å²) in [5.41, 5.74) is -0.585. The van der Waals surface area contributed by atoms with E-state index in [9.17, 15) is 27.6 Å². The molecular weight excluding hydrogens is 593 g/mol. The van der Waals surface area contributed by atoms with Crippen LogP contribution in [-0.2, 0) is 25.2 Å². The third-order valence-electron chi connectivity index (χ3n) is 7.30. The van der Waals surface area contributed by atoms with Gasteiger partial charge < -0.3 is 24.5 Å². The summed E-state index contributed by atoms with van der Waals surface area (Å²) in [4.78, 5) is 41.4. The summed E-state index contributed by atoms with van der Waals surface area (Å²) in [6.07, 6.45) is -3.58. The Morgan fingerprint density at radius 3 is 2.45 bits per heavy atom. The van der Waals surface area contributed by atoms with Gasteiger partial charge in [0.2, 0.25) is 0 Å². The predicted octanol–water partition coefficient (Wildman–Crippen LogP) is 4.69.